The highest BCUT2D eigenvalue weighted by atomic mass is 16.5. The predicted molar refractivity (Wildman–Crippen MR) is 80.8 cm³/mol. The first kappa shape index (κ1) is 13.4. The van der Waals surface area contributed by atoms with Crippen LogP contribution in [-0.4, -0.2) is 15.5 Å². The van der Waals surface area contributed by atoms with Crippen molar-refractivity contribution in [2.75, 3.05) is 0 Å². The third-order valence-electron chi connectivity index (χ3n) is 3.44. The average Bonchev–Trinajstić information content (AvgIpc) is 2.83. The summed E-state index contributed by atoms with van der Waals surface area (Å²) < 4.78 is 7.48. The van der Waals surface area contributed by atoms with Crippen LogP contribution in [-0.2, 0) is 16.6 Å². The number of benzene rings is 2. The number of fused-ring (bicyclic) bond motifs is 1. The summed E-state index contributed by atoms with van der Waals surface area (Å²) in [5.41, 5.74) is 2.81. The van der Waals surface area contributed by atoms with Gasteiger partial charge in [0.05, 0.1) is 11.0 Å². The topological polar surface area (TPSA) is 44.1 Å². The Kier molecular flexibility index (Phi) is 3.44. The molecule has 0 fully saturated rings. The molecular weight excluding hydrogens is 264 g/mol. The highest BCUT2D eigenvalue weighted by Crippen LogP contribution is 2.27. The molecule has 1 unspecified atom stereocenters. The molecule has 3 rings (SSSR count). The van der Waals surface area contributed by atoms with Crippen LogP contribution in [0.4, 0.5) is 0 Å². The Hall–Kier alpha value is -2.62. The van der Waals surface area contributed by atoms with E-state index in [0.717, 1.165) is 22.4 Å². The maximum Gasteiger partial charge on any atom is 0.303 e. The minimum absolute atomic E-state index is 0.323. The summed E-state index contributed by atoms with van der Waals surface area (Å²) in [5.74, 6) is 0.397. The first-order chi connectivity index (χ1) is 10.2. The molecule has 0 saturated carbocycles. The Morgan fingerprint density at radius 3 is 2.43 bits per heavy atom. The van der Waals surface area contributed by atoms with Crippen molar-refractivity contribution >= 4 is 17.0 Å². The normalized spacial score (nSPS) is 12.3. The fourth-order valence-electron chi connectivity index (χ4n) is 2.46. The number of carbonyl (C=O) groups is 1. The maximum absolute atomic E-state index is 11.5. The molecule has 0 bridgehead atoms. The second kappa shape index (κ2) is 5.40. The van der Waals surface area contributed by atoms with Crippen molar-refractivity contribution in [3.8, 4) is 0 Å². The molecule has 0 aliphatic rings. The fourth-order valence-corrected chi connectivity index (χ4v) is 2.46. The van der Waals surface area contributed by atoms with Gasteiger partial charge in [-0.1, -0.05) is 42.5 Å². The number of aromatic nitrogens is 2. The van der Waals surface area contributed by atoms with Gasteiger partial charge >= 0.3 is 5.97 Å². The summed E-state index contributed by atoms with van der Waals surface area (Å²) in [6, 6.07) is 17.5. The van der Waals surface area contributed by atoms with Crippen molar-refractivity contribution in [3.63, 3.8) is 0 Å². The van der Waals surface area contributed by atoms with E-state index in [2.05, 4.69) is 4.98 Å². The molecule has 0 spiro atoms. The quantitative estimate of drug-likeness (QED) is 0.692. The molecule has 2 aromatic carbocycles. The van der Waals surface area contributed by atoms with Crippen molar-refractivity contribution in [1.29, 1.82) is 0 Å². The number of ether oxygens (including phenoxy) is 1. The molecule has 0 amide bonds. The smallest absolute Gasteiger partial charge is 0.303 e. The van der Waals surface area contributed by atoms with E-state index in [9.17, 15) is 4.79 Å². The molecule has 0 radical (unpaired) electrons. The van der Waals surface area contributed by atoms with E-state index in [4.69, 9.17) is 4.74 Å². The Bertz CT molecular complexity index is 778. The molecule has 0 aliphatic carbocycles. The predicted octanol–water partition coefficient (Wildman–Crippen LogP) is 3.23. The number of aryl methyl sites for hydroxylation is 1. The van der Waals surface area contributed by atoms with E-state index < -0.39 is 6.10 Å². The number of imidazole rings is 1. The van der Waals surface area contributed by atoms with Crippen LogP contribution in [0.5, 0.6) is 0 Å². The number of esters is 1. The molecule has 3 aromatic rings. The lowest BCUT2D eigenvalue weighted by Gasteiger charge is -2.17. The van der Waals surface area contributed by atoms with Crippen LogP contribution in [0, 0.1) is 0 Å². The second-order valence-electron chi connectivity index (χ2n) is 4.92. The molecule has 0 saturated heterocycles. The van der Waals surface area contributed by atoms with Crippen molar-refractivity contribution in [1.82, 2.24) is 9.55 Å². The minimum atomic E-state index is -0.499. The zero-order valence-electron chi connectivity index (χ0n) is 12.0. The van der Waals surface area contributed by atoms with Gasteiger partial charge in [0.25, 0.3) is 0 Å². The van der Waals surface area contributed by atoms with Crippen LogP contribution in [0.2, 0.25) is 0 Å². The standard InChI is InChI=1S/C17H16N2O2/c1-12(20)21-16(13-8-4-3-5-9-13)17-18-14-10-6-7-11-15(14)19(17)2/h3-11,16H,1-2H3. The molecular formula is C17H16N2O2. The number of nitrogens with zero attached hydrogens (tertiary/aromatic N) is 2. The van der Waals surface area contributed by atoms with E-state index in [-0.39, 0.29) is 5.97 Å². The zero-order chi connectivity index (χ0) is 14.8. The number of rotatable bonds is 3. The highest BCUT2D eigenvalue weighted by molar-refractivity contribution is 5.76. The van der Waals surface area contributed by atoms with Gasteiger partial charge < -0.3 is 9.30 Å². The average molecular weight is 280 g/mol. The Morgan fingerprint density at radius 2 is 1.76 bits per heavy atom. The SMILES string of the molecule is CC(=O)OC(c1ccccc1)c1nc2ccccc2n1C. The third kappa shape index (κ3) is 2.52. The molecule has 21 heavy (non-hydrogen) atoms. The maximum atomic E-state index is 11.5. The molecule has 0 N–H and O–H groups in total. The summed E-state index contributed by atoms with van der Waals surface area (Å²) in [5, 5.41) is 0. The van der Waals surface area contributed by atoms with E-state index >= 15 is 0 Å². The zero-order valence-corrected chi connectivity index (χ0v) is 12.0. The van der Waals surface area contributed by atoms with Crippen LogP contribution in [0.3, 0.4) is 0 Å². The van der Waals surface area contributed by atoms with Crippen LogP contribution < -0.4 is 0 Å². The van der Waals surface area contributed by atoms with E-state index in [1.165, 1.54) is 6.92 Å². The van der Waals surface area contributed by atoms with Crippen LogP contribution in [0.1, 0.15) is 24.4 Å². The van der Waals surface area contributed by atoms with Crippen molar-refractivity contribution in [2.45, 2.75) is 13.0 Å². The summed E-state index contributed by atoms with van der Waals surface area (Å²) in [4.78, 5) is 16.1. The van der Waals surface area contributed by atoms with Gasteiger partial charge in [0.1, 0.15) is 0 Å². The second-order valence-corrected chi connectivity index (χ2v) is 4.92. The minimum Gasteiger partial charge on any atom is -0.449 e. The van der Waals surface area contributed by atoms with Crippen LogP contribution >= 0.6 is 0 Å². The summed E-state index contributed by atoms with van der Waals surface area (Å²) >= 11 is 0. The van der Waals surface area contributed by atoms with Crippen molar-refractivity contribution in [3.05, 3.63) is 66.0 Å². The first-order valence-electron chi connectivity index (χ1n) is 6.80. The van der Waals surface area contributed by atoms with Gasteiger partial charge in [-0.25, -0.2) is 4.98 Å². The third-order valence-corrected chi connectivity index (χ3v) is 3.44. The molecule has 1 aromatic heterocycles. The van der Waals surface area contributed by atoms with E-state index in [1.807, 2.05) is 66.2 Å². The van der Waals surface area contributed by atoms with Gasteiger partial charge in [-0.2, -0.15) is 0 Å². The lowest BCUT2D eigenvalue weighted by molar-refractivity contribution is -0.145. The summed E-state index contributed by atoms with van der Waals surface area (Å²) in [7, 11) is 1.93. The van der Waals surface area contributed by atoms with E-state index in [1.54, 1.807) is 0 Å². The van der Waals surface area contributed by atoms with Gasteiger partial charge in [-0.3, -0.25) is 4.79 Å². The van der Waals surface area contributed by atoms with Gasteiger partial charge in [-0.05, 0) is 12.1 Å². The highest BCUT2D eigenvalue weighted by Gasteiger charge is 2.23. The number of hydrogen-bond acceptors (Lipinski definition) is 3. The Morgan fingerprint density at radius 1 is 1.10 bits per heavy atom. The van der Waals surface area contributed by atoms with Crippen molar-refractivity contribution < 1.29 is 9.53 Å². The van der Waals surface area contributed by atoms with Gasteiger partial charge in [0, 0.05) is 19.5 Å². The molecule has 0 aliphatic heterocycles. The summed E-state index contributed by atoms with van der Waals surface area (Å²) in [6.07, 6.45) is -0.499. The number of carbonyl (C=O) groups excluding carboxylic acids is 1. The lowest BCUT2D eigenvalue weighted by atomic mass is 10.1. The Labute approximate surface area is 123 Å². The fraction of sp³-hybridized carbons (Fsp3) is 0.176. The first-order valence-corrected chi connectivity index (χ1v) is 6.80. The Balaban J connectivity index is 2.14. The lowest BCUT2D eigenvalue weighted by Crippen LogP contribution is -2.14. The summed E-state index contributed by atoms with van der Waals surface area (Å²) in [6.45, 7) is 1.42. The van der Waals surface area contributed by atoms with Gasteiger partial charge in [0.2, 0.25) is 0 Å². The molecule has 4 nitrogen and oxygen atoms in total. The van der Waals surface area contributed by atoms with Crippen molar-refractivity contribution in [2.24, 2.45) is 7.05 Å². The van der Waals surface area contributed by atoms with E-state index in [0.29, 0.717) is 0 Å². The van der Waals surface area contributed by atoms with Gasteiger partial charge in [-0.15, -0.1) is 0 Å². The largest absolute Gasteiger partial charge is 0.449 e. The number of hydrogen-bond donors (Lipinski definition) is 0. The van der Waals surface area contributed by atoms with Crippen LogP contribution in [0.15, 0.2) is 54.6 Å². The monoisotopic (exact) mass is 280 g/mol. The van der Waals surface area contributed by atoms with Crippen LogP contribution in [0.25, 0.3) is 11.0 Å². The molecule has 1 heterocycles. The molecule has 4 heteroatoms. The number of para-hydroxylation sites is 2. The van der Waals surface area contributed by atoms with Gasteiger partial charge in [0.15, 0.2) is 11.9 Å². The molecule has 106 valence electrons. The molecule has 1 atom stereocenters.